The molecule has 1 aromatic heterocycles. The van der Waals surface area contributed by atoms with Crippen LogP contribution < -0.4 is 20.1 Å². The van der Waals surface area contributed by atoms with Gasteiger partial charge in [0.25, 0.3) is 5.91 Å². The Labute approximate surface area is 157 Å². The molecule has 1 saturated heterocycles. The van der Waals surface area contributed by atoms with E-state index in [9.17, 15) is 13.2 Å². The SMILES string of the molecule is COc1ccc(Nc2ccnc(C(=O)NC3CCS(=O)(=O)C3)c2)c(OC)c1. The number of hydrogen-bond donors (Lipinski definition) is 2. The Balaban J connectivity index is 1.73. The number of hydrogen-bond acceptors (Lipinski definition) is 7. The molecule has 0 aliphatic carbocycles. The van der Waals surface area contributed by atoms with Crippen molar-refractivity contribution in [1.82, 2.24) is 10.3 Å². The van der Waals surface area contributed by atoms with E-state index in [0.29, 0.717) is 29.3 Å². The molecule has 1 aromatic carbocycles. The Kier molecular flexibility index (Phi) is 5.50. The molecule has 3 rings (SSSR count). The molecule has 1 aliphatic heterocycles. The molecule has 2 aromatic rings. The van der Waals surface area contributed by atoms with Crippen LogP contribution in [-0.2, 0) is 9.84 Å². The summed E-state index contributed by atoms with van der Waals surface area (Å²) in [6.45, 7) is 0. The Hall–Kier alpha value is -2.81. The first-order valence-electron chi connectivity index (χ1n) is 8.36. The number of sulfone groups is 1. The molecule has 9 heteroatoms. The molecule has 1 unspecified atom stereocenters. The highest BCUT2D eigenvalue weighted by atomic mass is 32.2. The van der Waals surface area contributed by atoms with Crippen LogP contribution in [0.4, 0.5) is 11.4 Å². The molecule has 0 bridgehead atoms. The number of rotatable bonds is 6. The van der Waals surface area contributed by atoms with E-state index in [2.05, 4.69) is 15.6 Å². The quantitative estimate of drug-likeness (QED) is 0.773. The van der Waals surface area contributed by atoms with Crippen molar-refractivity contribution in [3.8, 4) is 11.5 Å². The lowest BCUT2D eigenvalue weighted by Crippen LogP contribution is -2.36. The maximum atomic E-state index is 12.4. The van der Waals surface area contributed by atoms with Crippen molar-refractivity contribution in [2.45, 2.75) is 12.5 Å². The van der Waals surface area contributed by atoms with Gasteiger partial charge in [-0.1, -0.05) is 0 Å². The second-order valence-corrected chi connectivity index (χ2v) is 8.42. The Morgan fingerprint density at radius 1 is 1.19 bits per heavy atom. The molecule has 27 heavy (non-hydrogen) atoms. The van der Waals surface area contributed by atoms with Crippen molar-refractivity contribution in [2.24, 2.45) is 0 Å². The standard InChI is InChI=1S/C18H21N3O5S/c1-25-14-3-4-15(17(10-14)26-2)20-12-5-7-19-16(9-12)18(22)21-13-6-8-27(23,24)11-13/h3-5,7,9-10,13H,6,8,11H2,1-2H3,(H,19,20)(H,21,22). The van der Waals surface area contributed by atoms with Crippen molar-refractivity contribution < 1.29 is 22.7 Å². The fourth-order valence-electron chi connectivity index (χ4n) is 2.86. The third-order valence-electron chi connectivity index (χ3n) is 4.25. The minimum atomic E-state index is -3.06. The number of carbonyl (C=O) groups is 1. The number of pyridine rings is 1. The Bertz CT molecular complexity index is 946. The normalized spacial score (nSPS) is 17.9. The highest BCUT2D eigenvalue weighted by Crippen LogP contribution is 2.31. The zero-order valence-corrected chi connectivity index (χ0v) is 15.9. The van der Waals surface area contributed by atoms with Gasteiger partial charge in [0.05, 0.1) is 31.4 Å². The van der Waals surface area contributed by atoms with Gasteiger partial charge in [0.1, 0.15) is 17.2 Å². The lowest BCUT2D eigenvalue weighted by molar-refractivity contribution is 0.0936. The number of anilines is 2. The minimum Gasteiger partial charge on any atom is -0.497 e. The van der Waals surface area contributed by atoms with Crippen LogP contribution in [0.25, 0.3) is 0 Å². The van der Waals surface area contributed by atoms with Crippen LogP contribution in [0.15, 0.2) is 36.5 Å². The maximum Gasteiger partial charge on any atom is 0.270 e. The van der Waals surface area contributed by atoms with Gasteiger partial charge in [0.15, 0.2) is 9.84 Å². The molecule has 144 valence electrons. The largest absolute Gasteiger partial charge is 0.497 e. The number of ether oxygens (including phenoxy) is 2. The van der Waals surface area contributed by atoms with Crippen molar-refractivity contribution in [1.29, 1.82) is 0 Å². The van der Waals surface area contributed by atoms with Crippen LogP contribution in [0.2, 0.25) is 0 Å². The Morgan fingerprint density at radius 2 is 2.00 bits per heavy atom. The predicted molar refractivity (Wildman–Crippen MR) is 102 cm³/mol. The first-order valence-corrected chi connectivity index (χ1v) is 10.2. The highest BCUT2D eigenvalue weighted by Gasteiger charge is 2.29. The van der Waals surface area contributed by atoms with Crippen molar-refractivity contribution in [3.05, 3.63) is 42.2 Å². The molecule has 1 fully saturated rings. The van der Waals surface area contributed by atoms with Gasteiger partial charge in [0.2, 0.25) is 0 Å². The van der Waals surface area contributed by atoms with Gasteiger partial charge >= 0.3 is 0 Å². The summed E-state index contributed by atoms with van der Waals surface area (Å²) in [7, 11) is 0.0740. The first kappa shape index (κ1) is 19.0. The number of amides is 1. The molecule has 8 nitrogen and oxygen atoms in total. The van der Waals surface area contributed by atoms with Crippen LogP contribution in [0.1, 0.15) is 16.9 Å². The summed E-state index contributed by atoms with van der Waals surface area (Å²) >= 11 is 0. The van der Waals surface area contributed by atoms with E-state index >= 15 is 0 Å². The van der Waals surface area contributed by atoms with E-state index in [0.717, 1.165) is 0 Å². The number of nitrogens with zero attached hydrogens (tertiary/aromatic N) is 1. The average molecular weight is 391 g/mol. The number of methoxy groups -OCH3 is 2. The number of nitrogens with one attached hydrogen (secondary N) is 2. The minimum absolute atomic E-state index is 0.0280. The summed E-state index contributed by atoms with van der Waals surface area (Å²) < 4.78 is 33.6. The molecular formula is C18H21N3O5S. The summed E-state index contributed by atoms with van der Waals surface area (Å²) in [4.78, 5) is 16.5. The molecule has 1 amide bonds. The van der Waals surface area contributed by atoms with Crippen LogP contribution >= 0.6 is 0 Å². The molecule has 2 N–H and O–H groups in total. The van der Waals surface area contributed by atoms with E-state index in [4.69, 9.17) is 9.47 Å². The average Bonchev–Trinajstić information content (AvgIpc) is 3.00. The van der Waals surface area contributed by atoms with Crippen molar-refractivity contribution in [2.75, 3.05) is 31.0 Å². The van der Waals surface area contributed by atoms with Gasteiger partial charge in [-0.3, -0.25) is 9.78 Å². The smallest absolute Gasteiger partial charge is 0.270 e. The summed E-state index contributed by atoms with van der Waals surface area (Å²) in [6.07, 6.45) is 1.94. The fourth-order valence-corrected chi connectivity index (χ4v) is 4.53. The zero-order chi connectivity index (χ0) is 19.4. The summed E-state index contributed by atoms with van der Waals surface area (Å²) in [5, 5.41) is 5.91. The molecule has 2 heterocycles. The topological polar surface area (TPSA) is 107 Å². The van der Waals surface area contributed by atoms with E-state index < -0.39 is 15.7 Å². The van der Waals surface area contributed by atoms with E-state index in [1.54, 1.807) is 44.6 Å². The molecule has 1 atom stereocenters. The molecule has 0 saturated carbocycles. The molecule has 0 radical (unpaired) electrons. The van der Waals surface area contributed by atoms with Gasteiger partial charge in [-0.05, 0) is 30.7 Å². The van der Waals surface area contributed by atoms with E-state index in [1.807, 2.05) is 0 Å². The summed E-state index contributed by atoms with van der Waals surface area (Å²) in [5.41, 5.74) is 1.56. The van der Waals surface area contributed by atoms with Crippen molar-refractivity contribution >= 4 is 27.1 Å². The fraction of sp³-hybridized carbons (Fsp3) is 0.333. The van der Waals surface area contributed by atoms with Gasteiger partial charge in [0, 0.05) is 24.0 Å². The Morgan fingerprint density at radius 3 is 2.67 bits per heavy atom. The van der Waals surface area contributed by atoms with Crippen LogP contribution in [0, 0.1) is 0 Å². The lowest BCUT2D eigenvalue weighted by atomic mass is 10.2. The molecular weight excluding hydrogens is 370 g/mol. The summed E-state index contributed by atoms with van der Waals surface area (Å²) in [5.74, 6) is 0.929. The number of carbonyl (C=O) groups excluding carboxylic acids is 1. The summed E-state index contributed by atoms with van der Waals surface area (Å²) in [6, 6.07) is 8.30. The monoisotopic (exact) mass is 391 g/mol. The maximum absolute atomic E-state index is 12.4. The van der Waals surface area contributed by atoms with Gasteiger partial charge in [-0.25, -0.2) is 8.42 Å². The molecule has 1 aliphatic rings. The third-order valence-corrected chi connectivity index (χ3v) is 6.02. The van der Waals surface area contributed by atoms with Gasteiger partial charge < -0.3 is 20.1 Å². The van der Waals surface area contributed by atoms with E-state index in [1.165, 1.54) is 6.20 Å². The van der Waals surface area contributed by atoms with Crippen LogP contribution in [0.3, 0.4) is 0 Å². The zero-order valence-electron chi connectivity index (χ0n) is 15.1. The van der Waals surface area contributed by atoms with Crippen LogP contribution in [0.5, 0.6) is 11.5 Å². The second-order valence-electron chi connectivity index (χ2n) is 6.19. The van der Waals surface area contributed by atoms with Crippen LogP contribution in [-0.4, -0.2) is 51.1 Å². The first-order chi connectivity index (χ1) is 12.9. The predicted octanol–water partition coefficient (Wildman–Crippen LogP) is 1.76. The number of aromatic nitrogens is 1. The third kappa shape index (κ3) is 4.68. The highest BCUT2D eigenvalue weighted by molar-refractivity contribution is 7.91. The molecule has 0 spiro atoms. The van der Waals surface area contributed by atoms with Gasteiger partial charge in [-0.15, -0.1) is 0 Å². The second kappa shape index (κ2) is 7.83. The van der Waals surface area contributed by atoms with Gasteiger partial charge in [-0.2, -0.15) is 0 Å². The number of benzene rings is 1. The lowest BCUT2D eigenvalue weighted by Gasteiger charge is -2.14. The van der Waals surface area contributed by atoms with E-state index in [-0.39, 0.29) is 23.2 Å². The van der Waals surface area contributed by atoms with Crippen molar-refractivity contribution in [3.63, 3.8) is 0 Å².